The van der Waals surface area contributed by atoms with Crippen molar-refractivity contribution in [2.75, 3.05) is 10.6 Å². The molecule has 3 aromatic rings. The highest BCUT2D eigenvalue weighted by molar-refractivity contribution is 5.92. The van der Waals surface area contributed by atoms with Crippen LogP contribution >= 0.6 is 0 Å². The molecule has 1 aliphatic heterocycles. The highest BCUT2D eigenvalue weighted by Crippen LogP contribution is 2.24. The number of rotatable bonds is 5. The van der Waals surface area contributed by atoms with Crippen molar-refractivity contribution in [3.05, 3.63) is 59.9 Å². The van der Waals surface area contributed by atoms with Crippen molar-refractivity contribution in [1.29, 1.82) is 0 Å². The number of carbonyl (C=O) groups is 2. The molecule has 30 heavy (non-hydrogen) atoms. The molecular formula is C23H25N5O2. The van der Waals surface area contributed by atoms with Gasteiger partial charge < -0.3 is 15.2 Å². The monoisotopic (exact) mass is 403 g/mol. The molecule has 0 unspecified atom stereocenters. The molecule has 0 aliphatic carbocycles. The number of aryl methyl sites for hydroxylation is 1. The van der Waals surface area contributed by atoms with E-state index in [2.05, 4.69) is 25.4 Å². The standard InChI is InChI=1S/C23H25N5O2/c1-16(29)24-19-10-6-17(7-11-19)15-22(30)25-20-12-8-18(9-13-20)23-27-26-21-5-3-2-4-14-28(21)23/h6-13H,2-5,14-15H2,1H3,(H,24,29)(H,25,30). The van der Waals surface area contributed by atoms with E-state index < -0.39 is 0 Å². The molecule has 0 saturated carbocycles. The third-order valence-corrected chi connectivity index (χ3v) is 5.18. The van der Waals surface area contributed by atoms with Crippen LogP contribution in [0.1, 0.15) is 37.6 Å². The summed E-state index contributed by atoms with van der Waals surface area (Å²) in [5.74, 6) is 1.74. The van der Waals surface area contributed by atoms with Gasteiger partial charge in [-0.1, -0.05) is 18.6 Å². The Balaban J connectivity index is 1.38. The number of fused-ring (bicyclic) bond motifs is 1. The topological polar surface area (TPSA) is 88.9 Å². The summed E-state index contributed by atoms with van der Waals surface area (Å²) in [6.45, 7) is 2.42. The van der Waals surface area contributed by atoms with Crippen LogP contribution in [-0.4, -0.2) is 26.6 Å². The number of anilines is 2. The summed E-state index contributed by atoms with van der Waals surface area (Å²) in [5, 5.41) is 14.4. The van der Waals surface area contributed by atoms with Gasteiger partial charge in [-0.25, -0.2) is 0 Å². The van der Waals surface area contributed by atoms with E-state index in [0.29, 0.717) is 5.69 Å². The largest absolute Gasteiger partial charge is 0.326 e. The molecule has 7 heteroatoms. The Morgan fingerprint density at radius 2 is 1.60 bits per heavy atom. The number of nitrogens with one attached hydrogen (secondary N) is 2. The quantitative estimate of drug-likeness (QED) is 0.678. The number of benzene rings is 2. The lowest BCUT2D eigenvalue weighted by atomic mass is 10.1. The fraction of sp³-hybridized carbons (Fsp3) is 0.304. The van der Waals surface area contributed by atoms with E-state index >= 15 is 0 Å². The summed E-state index contributed by atoms with van der Waals surface area (Å²) >= 11 is 0. The molecule has 2 amide bonds. The summed E-state index contributed by atoms with van der Waals surface area (Å²) in [7, 11) is 0. The van der Waals surface area contributed by atoms with E-state index in [4.69, 9.17) is 0 Å². The van der Waals surface area contributed by atoms with Crippen LogP contribution in [0.2, 0.25) is 0 Å². The van der Waals surface area contributed by atoms with Crippen LogP contribution in [0.25, 0.3) is 11.4 Å². The predicted octanol–water partition coefficient (Wildman–Crippen LogP) is 3.81. The first-order valence-corrected chi connectivity index (χ1v) is 10.3. The summed E-state index contributed by atoms with van der Waals surface area (Å²) in [4.78, 5) is 23.5. The first-order valence-electron chi connectivity index (χ1n) is 10.3. The van der Waals surface area contributed by atoms with Gasteiger partial charge in [0.25, 0.3) is 0 Å². The minimum atomic E-state index is -0.119. The SMILES string of the molecule is CC(=O)Nc1ccc(CC(=O)Nc2ccc(-c3nnc4n3CCCCC4)cc2)cc1. The second kappa shape index (κ2) is 8.90. The van der Waals surface area contributed by atoms with Crippen molar-refractivity contribution in [2.24, 2.45) is 0 Å². The molecule has 4 rings (SSSR count). The third kappa shape index (κ3) is 4.74. The van der Waals surface area contributed by atoms with Gasteiger partial charge in [0.2, 0.25) is 11.8 Å². The normalized spacial score (nSPS) is 13.2. The van der Waals surface area contributed by atoms with E-state index in [-0.39, 0.29) is 18.2 Å². The second-order valence-electron chi connectivity index (χ2n) is 7.58. The predicted molar refractivity (Wildman–Crippen MR) is 116 cm³/mol. The molecule has 2 aromatic carbocycles. The van der Waals surface area contributed by atoms with Crippen LogP contribution in [0.5, 0.6) is 0 Å². The van der Waals surface area contributed by atoms with Gasteiger partial charge in [-0.3, -0.25) is 9.59 Å². The van der Waals surface area contributed by atoms with Crippen LogP contribution in [0.3, 0.4) is 0 Å². The molecule has 0 radical (unpaired) electrons. The maximum Gasteiger partial charge on any atom is 0.228 e. The van der Waals surface area contributed by atoms with E-state index in [1.807, 2.05) is 36.4 Å². The maximum atomic E-state index is 12.4. The second-order valence-corrected chi connectivity index (χ2v) is 7.58. The zero-order valence-corrected chi connectivity index (χ0v) is 17.0. The van der Waals surface area contributed by atoms with Gasteiger partial charge in [0.05, 0.1) is 6.42 Å². The van der Waals surface area contributed by atoms with Gasteiger partial charge in [-0.05, 0) is 54.8 Å². The van der Waals surface area contributed by atoms with Crippen molar-refractivity contribution in [3.63, 3.8) is 0 Å². The van der Waals surface area contributed by atoms with E-state index in [1.165, 1.54) is 19.8 Å². The molecule has 1 aromatic heterocycles. The molecule has 1 aliphatic rings. The highest BCUT2D eigenvalue weighted by atomic mass is 16.2. The lowest BCUT2D eigenvalue weighted by Gasteiger charge is -2.09. The fourth-order valence-electron chi connectivity index (χ4n) is 3.70. The Hall–Kier alpha value is -3.48. The maximum absolute atomic E-state index is 12.4. The van der Waals surface area contributed by atoms with Crippen LogP contribution in [0, 0.1) is 0 Å². The van der Waals surface area contributed by atoms with E-state index in [9.17, 15) is 9.59 Å². The van der Waals surface area contributed by atoms with Crippen LogP contribution in [0.15, 0.2) is 48.5 Å². The first kappa shape index (κ1) is 19.8. The van der Waals surface area contributed by atoms with Crippen LogP contribution in [-0.2, 0) is 29.0 Å². The molecular weight excluding hydrogens is 378 g/mol. The summed E-state index contributed by atoms with van der Waals surface area (Å²) in [6.07, 6.45) is 4.79. The highest BCUT2D eigenvalue weighted by Gasteiger charge is 2.16. The molecule has 0 spiro atoms. The number of aromatic nitrogens is 3. The molecule has 2 heterocycles. The van der Waals surface area contributed by atoms with Crippen LogP contribution in [0.4, 0.5) is 11.4 Å². The average molecular weight is 403 g/mol. The molecule has 0 atom stereocenters. The van der Waals surface area contributed by atoms with Gasteiger partial charge in [-0.2, -0.15) is 0 Å². The minimum Gasteiger partial charge on any atom is -0.326 e. The van der Waals surface area contributed by atoms with Crippen molar-refractivity contribution in [3.8, 4) is 11.4 Å². The summed E-state index contributed by atoms with van der Waals surface area (Å²) < 4.78 is 2.21. The van der Waals surface area contributed by atoms with Gasteiger partial charge in [0.1, 0.15) is 5.82 Å². The average Bonchev–Trinajstić information content (AvgIpc) is 2.98. The Morgan fingerprint density at radius 3 is 2.33 bits per heavy atom. The van der Waals surface area contributed by atoms with Crippen molar-refractivity contribution in [1.82, 2.24) is 14.8 Å². The zero-order chi connectivity index (χ0) is 20.9. The van der Waals surface area contributed by atoms with Gasteiger partial charge in [-0.15, -0.1) is 10.2 Å². The lowest BCUT2D eigenvalue weighted by molar-refractivity contribution is -0.116. The Bertz CT molecular complexity index is 1040. The summed E-state index contributed by atoms with van der Waals surface area (Å²) in [5.41, 5.74) is 3.34. The molecule has 0 saturated heterocycles. The first-order chi connectivity index (χ1) is 14.6. The third-order valence-electron chi connectivity index (χ3n) is 5.18. The molecule has 7 nitrogen and oxygen atoms in total. The Labute approximate surface area is 175 Å². The van der Waals surface area contributed by atoms with E-state index in [0.717, 1.165) is 47.8 Å². The smallest absolute Gasteiger partial charge is 0.228 e. The molecule has 154 valence electrons. The fourth-order valence-corrected chi connectivity index (χ4v) is 3.70. The van der Waals surface area contributed by atoms with Crippen molar-refractivity contribution >= 4 is 23.2 Å². The minimum absolute atomic E-state index is 0.0913. The summed E-state index contributed by atoms with van der Waals surface area (Å²) in [6, 6.07) is 15.0. The van der Waals surface area contributed by atoms with Gasteiger partial charge >= 0.3 is 0 Å². The number of hydrogen-bond donors (Lipinski definition) is 2. The number of nitrogens with zero attached hydrogens (tertiary/aromatic N) is 3. The van der Waals surface area contributed by atoms with Crippen molar-refractivity contribution < 1.29 is 9.59 Å². The lowest BCUT2D eigenvalue weighted by Crippen LogP contribution is -2.14. The Morgan fingerprint density at radius 1 is 0.900 bits per heavy atom. The number of hydrogen-bond acceptors (Lipinski definition) is 4. The molecule has 0 fully saturated rings. The van der Waals surface area contributed by atoms with Gasteiger partial charge in [0, 0.05) is 36.8 Å². The number of amides is 2. The van der Waals surface area contributed by atoms with E-state index in [1.54, 1.807) is 12.1 Å². The molecule has 2 N–H and O–H groups in total. The number of carbonyl (C=O) groups excluding carboxylic acids is 2. The van der Waals surface area contributed by atoms with Gasteiger partial charge in [0.15, 0.2) is 5.82 Å². The van der Waals surface area contributed by atoms with Crippen LogP contribution < -0.4 is 10.6 Å². The Kier molecular flexibility index (Phi) is 5.88. The molecule has 0 bridgehead atoms. The zero-order valence-electron chi connectivity index (χ0n) is 17.0. The van der Waals surface area contributed by atoms with Crippen molar-refractivity contribution in [2.45, 2.75) is 45.6 Å².